The van der Waals surface area contributed by atoms with Gasteiger partial charge < -0.3 is 15.0 Å². The van der Waals surface area contributed by atoms with E-state index in [1.165, 1.54) is 0 Å². The number of hydrogen-bond donors (Lipinski definition) is 1. The smallest absolute Gasteiger partial charge is 0.410 e. The molecule has 2 rings (SSSR count). The van der Waals surface area contributed by atoms with Crippen LogP contribution in [-0.4, -0.2) is 42.3 Å². The molecule has 2 saturated heterocycles. The van der Waals surface area contributed by atoms with Crippen LogP contribution >= 0.6 is 0 Å². The molecule has 1 spiro atoms. The van der Waals surface area contributed by atoms with Crippen molar-refractivity contribution in [2.45, 2.75) is 52.2 Å². The molecule has 0 aliphatic carbocycles. The second kappa shape index (κ2) is 4.16. The number of ether oxygens (including phenoxy) is 1. The summed E-state index contributed by atoms with van der Waals surface area (Å²) < 4.78 is 5.44. The van der Waals surface area contributed by atoms with Crippen LogP contribution in [0.4, 0.5) is 4.79 Å². The maximum atomic E-state index is 12.0. The Bertz CT molecular complexity index is 305. The number of piperidine rings is 1. The Morgan fingerprint density at radius 3 is 2.47 bits per heavy atom. The van der Waals surface area contributed by atoms with Gasteiger partial charge in [0, 0.05) is 25.7 Å². The predicted octanol–water partition coefficient (Wildman–Crippen LogP) is 2.00. The fourth-order valence-corrected chi connectivity index (χ4v) is 2.81. The lowest BCUT2D eigenvalue weighted by Crippen LogP contribution is -2.61. The van der Waals surface area contributed by atoms with Gasteiger partial charge in [-0.15, -0.1) is 0 Å². The maximum absolute atomic E-state index is 12.0. The van der Waals surface area contributed by atoms with Gasteiger partial charge in [0.15, 0.2) is 0 Å². The van der Waals surface area contributed by atoms with Crippen LogP contribution in [0.1, 0.15) is 40.5 Å². The third kappa shape index (κ3) is 2.73. The van der Waals surface area contributed by atoms with Crippen LogP contribution in [0.25, 0.3) is 0 Å². The molecule has 2 heterocycles. The molecule has 1 atom stereocenters. The highest BCUT2D eigenvalue weighted by Crippen LogP contribution is 2.38. The van der Waals surface area contributed by atoms with Gasteiger partial charge in [-0.05, 0) is 46.0 Å². The Morgan fingerprint density at radius 1 is 1.41 bits per heavy atom. The van der Waals surface area contributed by atoms with Crippen LogP contribution in [0.15, 0.2) is 0 Å². The van der Waals surface area contributed by atoms with Gasteiger partial charge >= 0.3 is 6.09 Å². The fraction of sp³-hybridized carbons (Fsp3) is 0.923. The minimum Gasteiger partial charge on any atom is -0.444 e. The van der Waals surface area contributed by atoms with Crippen molar-refractivity contribution in [2.75, 3.05) is 19.6 Å². The van der Waals surface area contributed by atoms with Crippen LogP contribution in [0.3, 0.4) is 0 Å². The van der Waals surface area contributed by atoms with E-state index in [1.807, 2.05) is 25.7 Å². The molecule has 17 heavy (non-hydrogen) atoms. The highest BCUT2D eigenvalue weighted by atomic mass is 16.6. The van der Waals surface area contributed by atoms with Gasteiger partial charge in [-0.2, -0.15) is 0 Å². The zero-order valence-electron chi connectivity index (χ0n) is 11.4. The average Bonchev–Trinajstić information content (AvgIpc) is 2.12. The first kappa shape index (κ1) is 12.7. The van der Waals surface area contributed by atoms with Crippen molar-refractivity contribution in [1.29, 1.82) is 0 Å². The number of carbonyl (C=O) groups is 1. The number of rotatable bonds is 0. The van der Waals surface area contributed by atoms with Gasteiger partial charge in [0.05, 0.1) is 0 Å². The Morgan fingerprint density at radius 2 is 2.06 bits per heavy atom. The lowest BCUT2D eigenvalue weighted by Gasteiger charge is -2.51. The molecular weight excluding hydrogens is 216 g/mol. The molecule has 0 bridgehead atoms. The quantitative estimate of drug-likeness (QED) is 0.704. The molecule has 2 aliphatic heterocycles. The summed E-state index contributed by atoms with van der Waals surface area (Å²) in [5.41, 5.74) is 0.0574. The van der Waals surface area contributed by atoms with Crippen LogP contribution in [0.2, 0.25) is 0 Å². The largest absolute Gasteiger partial charge is 0.444 e. The SMILES string of the molecule is C[C@H]1CC2(CCN1C(=O)OC(C)(C)C)CNC2. The summed E-state index contributed by atoms with van der Waals surface area (Å²) in [7, 11) is 0. The normalized spacial score (nSPS) is 27.8. The number of hydrogen-bond acceptors (Lipinski definition) is 3. The Hall–Kier alpha value is -0.770. The second-order valence-electron chi connectivity index (χ2n) is 6.58. The first-order valence-corrected chi connectivity index (χ1v) is 6.52. The van der Waals surface area contributed by atoms with E-state index in [2.05, 4.69) is 12.2 Å². The van der Waals surface area contributed by atoms with E-state index in [0.717, 1.165) is 32.5 Å². The van der Waals surface area contributed by atoms with Crippen molar-refractivity contribution in [1.82, 2.24) is 10.2 Å². The molecule has 4 heteroatoms. The molecule has 0 radical (unpaired) electrons. The van der Waals surface area contributed by atoms with Gasteiger partial charge in [0.2, 0.25) is 0 Å². The zero-order chi connectivity index (χ0) is 12.7. The molecule has 0 saturated carbocycles. The van der Waals surface area contributed by atoms with Crippen molar-refractivity contribution in [3.63, 3.8) is 0 Å². The molecule has 4 nitrogen and oxygen atoms in total. The lowest BCUT2D eigenvalue weighted by molar-refractivity contribution is -0.0165. The monoisotopic (exact) mass is 240 g/mol. The highest BCUT2D eigenvalue weighted by molar-refractivity contribution is 5.68. The van der Waals surface area contributed by atoms with E-state index < -0.39 is 5.60 Å². The van der Waals surface area contributed by atoms with Crippen LogP contribution in [0.5, 0.6) is 0 Å². The van der Waals surface area contributed by atoms with Gasteiger partial charge in [-0.1, -0.05) is 0 Å². The summed E-state index contributed by atoms with van der Waals surface area (Å²) in [6.45, 7) is 10.9. The van der Waals surface area contributed by atoms with Crippen LogP contribution in [-0.2, 0) is 4.74 Å². The molecule has 0 aromatic heterocycles. The molecule has 1 amide bonds. The summed E-state index contributed by atoms with van der Waals surface area (Å²) in [6, 6.07) is 0.292. The van der Waals surface area contributed by atoms with Crippen molar-refractivity contribution in [3.05, 3.63) is 0 Å². The molecule has 2 fully saturated rings. The van der Waals surface area contributed by atoms with E-state index in [4.69, 9.17) is 4.74 Å². The molecule has 98 valence electrons. The molecule has 0 unspecified atom stereocenters. The Labute approximate surface area is 104 Å². The Kier molecular flexibility index (Phi) is 3.10. The highest BCUT2D eigenvalue weighted by Gasteiger charge is 2.44. The summed E-state index contributed by atoms with van der Waals surface area (Å²) in [6.07, 6.45) is 2.04. The van der Waals surface area contributed by atoms with E-state index in [9.17, 15) is 4.79 Å². The number of nitrogens with one attached hydrogen (secondary N) is 1. The standard InChI is InChI=1S/C13H24N2O2/c1-10-7-13(8-14-9-13)5-6-15(10)11(16)17-12(2,3)4/h10,14H,5-9H2,1-4H3/t10-/m0/s1. The molecule has 0 aromatic rings. The summed E-state index contributed by atoms with van der Waals surface area (Å²) in [5, 5.41) is 3.34. The summed E-state index contributed by atoms with van der Waals surface area (Å²) >= 11 is 0. The van der Waals surface area contributed by atoms with E-state index >= 15 is 0 Å². The number of amides is 1. The van der Waals surface area contributed by atoms with Gasteiger partial charge in [-0.25, -0.2) is 4.79 Å². The average molecular weight is 240 g/mol. The number of carbonyl (C=O) groups excluding carboxylic acids is 1. The van der Waals surface area contributed by atoms with Crippen molar-refractivity contribution in [2.24, 2.45) is 5.41 Å². The van der Waals surface area contributed by atoms with Crippen LogP contribution < -0.4 is 5.32 Å². The molecule has 2 aliphatic rings. The minimum absolute atomic E-state index is 0.160. The van der Waals surface area contributed by atoms with E-state index in [0.29, 0.717) is 11.5 Å². The zero-order valence-corrected chi connectivity index (χ0v) is 11.4. The molecule has 1 N–H and O–H groups in total. The third-order valence-electron chi connectivity index (χ3n) is 3.77. The maximum Gasteiger partial charge on any atom is 0.410 e. The number of likely N-dealkylation sites (tertiary alicyclic amines) is 1. The van der Waals surface area contributed by atoms with Gasteiger partial charge in [0.25, 0.3) is 0 Å². The van der Waals surface area contributed by atoms with Crippen molar-refractivity contribution in [3.8, 4) is 0 Å². The van der Waals surface area contributed by atoms with Gasteiger partial charge in [0.1, 0.15) is 5.60 Å². The van der Waals surface area contributed by atoms with E-state index in [1.54, 1.807) is 0 Å². The first-order valence-electron chi connectivity index (χ1n) is 6.52. The molecular formula is C13H24N2O2. The van der Waals surface area contributed by atoms with E-state index in [-0.39, 0.29) is 6.09 Å². The molecule has 0 aromatic carbocycles. The lowest BCUT2D eigenvalue weighted by atomic mass is 9.71. The fourth-order valence-electron chi connectivity index (χ4n) is 2.81. The van der Waals surface area contributed by atoms with Crippen molar-refractivity contribution < 1.29 is 9.53 Å². The van der Waals surface area contributed by atoms with Crippen molar-refractivity contribution >= 4 is 6.09 Å². The predicted molar refractivity (Wildman–Crippen MR) is 66.9 cm³/mol. The minimum atomic E-state index is -0.399. The summed E-state index contributed by atoms with van der Waals surface area (Å²) in [4.78, 5) is 13.9. The van der Waals surface area contributed by atoms with Crippen LogP contribution in [0, 0.1) is 5.41 Å². The topological polar surface area (TPSA) is 41.6 Å². The van der Waals surface area contributed by atoms with Gasteiger partial charge in [-0.3, -0.25) is 0 Å². The number of nitrogens with zero attached hydrogens (tertiary/aromatic N) is 1. The third-order valence-corrected chi connectivity index (χ3v) is 3.77. The summed E-state index contributed by atoms with van der Waals surface area (Å²) in [5.74, 6) is 0. The second-order valence-corrected chi connectivity index (χ2v) is 6.58. The first-order chi connectivity index (χ1) is 7.81. The Balaban J connectivity index is 1.92.